The Kier molecular flexibility index (Phi) is 5.63. The number of allylic oxidation sites excluding steroid dienone is 2. The first-order valence-electron chi connectivity index (χ1n) is 7.27. The van der Waals surface area contributed by atoms with E-state index in [2.05, 4.69) is 10.3 Å². The van der Waals surface area contributed by atoms with Gasteiger partial charge in [-0.2, -0.15) is 0 Å². The van der Waals surface area contributed by atoms with Gasteiger partial charge in [-0.3, -0.25) is 9.78 Å². The molecule has 0 bridgehead atoms. The van der Waals surface area contributed by atoms with E-state index in [1.807, 2.05) is 6.07 Å². The van der Waals surface area contributed by atoms with Gasteiger partial charge in [-0.25, -0.2) is 4.79 Å². The third-order valence-corrected chi connectivity index (χ3v) is 3.07. The number of anilines is 1. The highest BCUT2D eigenvalue weighted by atomic mass is 16.5. The summed E-state index contributed by atoms with van der Waals surface area (Å²) in [7, 11) is 0. The highest BCUT2D eigenvalue weighted by Gasteiger charge is 2.12. The van der Waals surface area contributed by atoms with E-state index in [0.29, 0.717) is 29.1 Å². The van der Waals surface area contributed by atoms with Crippen molar-refractivity contribution in [2.75, 3.05) is 11.9 Å². The molecule has 118 valence electrons. The van der Waals surface area contributed by atoms with Crippen molar-refractivity contribution < 1.29 is 14.3 Å². The van der Waals surface area contributed by atoms with Gasteiger partial charge in [-0.05, 0) is 38.1 Å². The molecule has 0 saturated carbocycles. The first-order chi connectivity index (χ1) is 11.1. The number of nitrogens with one attached hydrogen (secondary N) is 1. The Morgan fingerprint density at radius 3 is 2.57 bits per heavy atom. The van der Waals surface area contributed by atoms with Gasteiger partial charge in [0.05, 0.1) is 17.9 Å². The van der Waals surface area contributed by atoms with E-state index in [1.165, 1.54) is 6.08 Å². The molecule has 5 heteroatoms. The van der Waals surface area contributed by atoms with Gasteiger partial charge in [-0.15, -0.1) is 0 Å². The van der Waals surface area contributed by atoms with Gasteiger partial charge in [0.1, 0.15) is 0 Å². The number of hydrogen-bond donors (Lipinski definition) is 1. The van der Waals surface area contributed by atoms with Gasteiger partial charge in [0.25, 0.3) is 0 Å². The minimum absolute atomic E-state index is 0.133. The Morgan fingerprint density at radius 1 is 1.17 bits per heavy atom. The summed E-state index contributed by atoms with van der Waals surface area (Å²) in [6.07, 6.45) is 4.62. The first kappa shape index (κ1) is 16.4. The summed E-state index contributed by atoms with van der Waals surface area (Å²) in [5, 5.41) is 3.07. The van der Waals surface area contributed by atoms with E-state index in [-0.39, 0.29) is 5.78 Å². The van der Waals surface area contributed by atoms with Crippen molar-refractivity contribution in [3.05, 3.63) is 71.7 Å². The maximum Gasteiger partial charge on any atom is 0.340 e. The maximum absolute atomic E-state index is 12.1. The van der Waals surface area contributed by atoms with Crippen LogP contribution in [-0.2, 0) is 4.74 Å². The maximum atomic E-state index is 12.1. The van der Waals surface area contributed by atoms with Gasteiger partial charge in [0.2, 0.25) is 0 Å². The quantitative estimate of drug-likeness (QED) is 0.503. The molecule has 2 aromatic rings. The second kappa shape index (κ2) is 7.89. The molecule has 0 unspecified atom stereocenters. The number of esters is 1. The molecule has 5 nitrogen and oxygen atoms in total. The summed E-state index contributed by atoms with van der Waals surface area (Å²) in [4.78, 5) is 27.9. The molecule has 0 aliphatic carbocycles. The Hall–Kier alpha value is -2.95. The molecule has 0 aliphatic rings. The average Bonchev–Trinajstić information content (AvgIpc) is 2.56. The Labute approximate surface area is 135 Å². The van der Waals surface area contributed by atoms with Gasteiger partial charge in [-0.1, -0.05) is 12.1 Å². The third-order valence-electron chi connectivity index (χ3n) is 3.07. The summed E-state index contributed by atoms with van der Waals surface area (Å²) >= 11 is 0. The van der Waals surface area contributed by atoms with Crippen LogP contribution in [0, 0.1) is 0 Å². The number of para-hydroxylation sites is 1. The minimum Gasteiger partial charge on any atom is -0.462 e. The number of ether oxygens (including phenoxy) is 1. The van der Waals surface area contributed by atoms with Crippen LogP contribution in [0.15, 0.2) is 60.6 Å². The summed E-state index contributed by atoms with van der Waals surface area (Å²) in [6.45, 7) is 3.83. The Balaban J connectivity index is 2.17. The molecule has 1 heterocycles. The SMILES string of the molecule is CCOC(=O)c1ccccc1N/C(C)=C/C(=O)c1ccncc1. The predicted molar refractivity (Wildman–Crippen MR) is 88.3 cm³/mol. The molecule has 0 saturated heterocycles. The van der Waals surface area contributed by atoms with Crippen LogP contribution >= 0.6 is 0 Å². The van der Waals surface area contributed by atoms with E-state index in [1.54, 1.807) is 56.6 Å². The van der Waals surface area contributed by atoms with Gasteiger partial charge >= 0.3 is 5.97 Å². The second-order valence-corrected chi connectivity index (χ2v) is 4.82. The van der Waals surface area contributed by atoms with Crippen LogP contribution in [0.1, 0.15) is 34.6 Å². The molecular weight excluding hydrogens is 292 g/mol. The van der Waals surface area contributed by atoms with Crippen molar-refractivity contribution in [3.8, 4) is 0 Å². The lowest BCUT2D eigenvalue weighted by molar-refractivity contribution is 0.0527. The van der Waals surface area contributed by atoms with Crippen LogP contribution in [0.2, 0.25) is 0 Å². The number of pyridine rings is 1. The summed E-state index contributed by atoms with van der Waals surface area (Å²) < 4.78 is 5.03. The van der Waals surface area contributed by atoms with E-state index >= 15 is 0 Å². The van der Waals surface area contributed by atoms with E-state index < -0.39 is 5.97 Å². The molecule has 1 N–H and O–H groups in total. The second-order valence-electron chi connectivity index (χ2n) is 4.82. The van der Waals surface area contributed by atoms with Gasteiger partial charge in [0.15, 0.2) is 5.78 Å². The van der Waals surface area contributed by atoms with E-state index in [0.717, 1.165) is 0 Å². The molecule has 0 radical (unpaired) electrons. The number of ketones is 1. The lowest BCUT2D eigenvalue weighted by Gasteiger charge is -2.11. The van der Waals surface area contributed by atoms with Crippen molar-refractivity contribution in [3.63, 3.8) is 0 Å². The van der Waals surface area contributed by atoms with Gasteiger partial charge in [0, 0.05) is 29.7 Å². The highest BCUT2D eigenvalue weighted by Crippen LogP contribution is 2.18. The number of carbonyl (C=O) groups is 2. The molecule has 0 spiro atoms. The van der Waals surface area contributed by atoms with Crippen molar-refractivity contribution in [2.45, 2.75) is 13.8 Å². The summed E-state index contributed by atoms with van der Waals surface area (Å²) in [5.74, 6) is -0.533. The van der Waals surface area contributed by atoms with Crippen molar-refractivity contribution in [1.82, 2.24) is 4.98 Å². The summed E-state index contributed by atoms with van der Waals surface area (Å²) in [6, 6.07) is 10.3. The number of carbonyl (C=O) groups excluding carboxylic acids is 2. The van der Waals surface area contributed by atoms with E-state index in [4.69, 9.17) is 4.74 Å². The molecule has 1 aromatic heterocycles. The fourth-order valence-electron chi connectivity index (χ4n) is 2.02. The number of aromatic nitrogens is 1. The van der Waals surface area contributed by atoms with Crippen LogP contribution in [0.4, 0.5) is 5.69 Å². The Bertz CT molecular complexity index is 724. The molecule has 2 rings (SSSR count). The standard InChI is InChI=1S/C18H18N2O3/c1-3-23-18(22)15-6-4-5-7-16(15)20-13(2)12-17(21)14-8-10-19-11-9-14/h4-12,20H,3H2,1-2H3/b13-12+. The Morgan fingerprint density at radius 2 is 1.87 bits per heavy atom. The average molecular weight is 310 g/mol. The molecule has 0 amide bonds. The minimum atomic E-state index is -0.399. The first-order valence-corrected chi connectivity index (χ1v) is 7.27. The van der Waals surface area contributed by atoms with Crippen molar-refractivity contribution in [1.29, 1.82) is 0 Å². The lowest BCUT2D eigenvalue weighted by Crippen LogP contribution is -2.09. The fourth-order valence-corrected chi connectivity index (χ4v) is 2.02. The molecule has 0 atom stereocenters. The zero-order valence-electron chi connectivity index (χ0n) is 13.1. The molecule has 0 fully saturated rings. The smallest absolute Gasteiger partial charge is 0.340 e. The predicted octanol–water partition coefficient (Wildman–Crippen LogP) is 3.46. The molecular formula is C18H18N2O3. The lowest BCUT2D eigenvalue weighted by atomic mass is 10.1. The number of benzene rings is 1. The van der Waals surface area contributed by atoms with Crippen LogP contribution in [0.5, 0.6) is 0 Å². The molecule has 1 aromatic carbocycles. The topological polar surface area (TPSA) is 68.3 Å². The fraction of sp³-hybridized carbons (Fsp3) is 0.167. The van der Waals surface area contributed by atoms with Crippen LogP contribution in [0.25, 0.3) is 0 Å². The zero-order chi connectivity index (χ0) is 16.7. The number of nitrogens with zero attached hydrogens (tertiary/aromatic N) is 1. The van der Waals surface area contributed by atoms with E-state index in [9.17, 15) is 9.59 Å². The summed E-state index contributed by atoms with van der Waals surface area (Å²) in [5.41, 5.74) is 2.21. The third kappa shape index (κ3) is 4.51. The van der Waals surface area contributed by atoms with Crippen LogP contribution in [-0.4, -0.2) is 23.3 Å². The van der Waals surface area contributed by atoms with Crippen LogP contribution in [0.3, 0.4) is 0 Å². The molecule has 23 heavy (non-hydrogen) atoms. The zero-order valence-corrected chi connectivity index (χ0v) is 13.1. The van der Waals surface area contributed by atoms with Gasteiger partial charge < -0.3 is 10.1 Å². The normalized spacial score (nSPS) is 11.0. The highest BCUT2D eigenvalue weighted by molar-refractivity contribution is 6.05. The van der Waals surface area contributed by atoms with Crippen molar-refractivity contribution >= 4 is 17.4 Å². The monoisotopic (exact) mass is 310 g/mol. The van der Waals surface area contributed by atoms with Crippen LogP contribution < -0.4 is 5.32 Å². The number of hydrogen-bond acceptors (Lipinski definition) is 5. The number of rotatable bonds is 6. The van der Waals surface area contributed by atoms with Crippen molar-refractivity contribution in [2.24, 2.45) is 0 Å². The largest absolute Gasteiger partial charge is 0.462 e. The molecule has 0 aliphatic heterocycles.